The van der Waals surface area contributed by atoms with Gasteiger partial charge in [-0.2, -0.15) is 0 Å². The fourth-order valence-corrected chi connectivity index (χ4v) is 2.39. The van der Waals surface area contributed by atoms with Gasteiger partial charge in [0.1, 0.15) is 5.82 Å². The van der Waals surface area contributed by atoms with E-state index in [1.807, 2.05) is 18.2 Å². The number of nitrogens with one attached hydrogen (secondary N) is 1. The number of benzene rings is 1. The summed E-state index contributed by atoms with van der Waals surface area (Å²) in [6.07, 6.45) is 2.31. The molecule has 0 spiro atoms. The maximum absolute atomic E-state index is 11.0. The second-order valence-corrected chi connectivity index (χ2v) is 5.02. The molecule has 21 heavy (non-hydrogen) atoms. The van der Waals surface area contributed by atoms with E-state index in [9.17, 15) is 4.79 Å². The number of methoxy groups -OCH3 is 1. The molecule has 0 bridgehead atoms. The minimum atomic E-state index is -0.157. The van der Waals surface area contributed by atoms with Gasteiger partial charge in [0, 0.05) is 13.0 Å². The summed E-state index contributed by atoms with van der Waals surface area (Å²) in [5.41, 5.74) is 2.23. The first-order valence-corrected chi connectivity index (χ1v) is 7.48. The Morgan fingerprint density at radius 1 is 1.38 bits per heavy atom. The summed E-state index contributed by atoms with van der Waals surface area (Å²) in [6, 6.07) is 8.21. The van der Waals surface area contributed by atoms with Crippen molar-refractivity contribution < 1.29 is 9.53 Å². The van der Waals surface area contributed by atoms with Crippen LogP contribution < -0.4 is 5.32 Å². The van der Waals surface area contributed by atoms with Gasteiger partial charge >= 0.3 is 5.97 Å². The van der Waals surface area contributed by atoms with E-state index in [0.717, 1.165) is 43.8 Å². The van der Waals surface area contributed by atoms with Crippen LogP contribution in [0.1, 0.15) is 32.0 Å². The highest BCUT2D eigenvalue weighted by Gasteiger charge is 2.09. The summed E-state index contributed by atoms with van der Waals surface area (Å²) in [5, 5.41) is 3.35. The van der Waals surface area contributed by atoms with Crippen molar-refractivity contribution in [3.05, 3.63) is 30.1 Å². The first-order chi connectivity index (χ1) is 10.3. The van der Waals surface area contributed by atoms with Gasteiger partial charge in [0.15, 0.2) is 0 Å². The van der Waals surface area contributed by atoms with Crippen molar-refractivity contribution in [1.29, 1.82) is 0 Å². The summed E-state index contributed by atoms with van der Waals surface area (Å²) in [5.74, 6) is 0.895. The third-order valence-electron chi connectivity index (χ3n) is 3.43. The van der Waals surface area contributed by atoms with E-state index in [2.05, 4.69) is 32.6 Å². The predicted molar refractivity (Wildman–Crippen MR) is 83.0 cm³/mol. The van der Waals surface area contributed by atoms with Crippen molar-refractivity contribution in [2.24, 2.45) is 0 Å². The minimum Gasteiger partial charge on any atom is -0.469 e. The van der Waals surface area contributed by atoms with E-state index in [0.29, 0.717) is 6.42 Å². The Labute approximate surface area is 125 Å². The van der Waals surface area contributed by atoms with E-state index in [1.165, 1.54) is 12.6 Å². The maximum Gasteiger partial charge on any atom is 0.305 e. The Morgan fingerprint density at radius 2 is 2.19 bits per heavy atom. The van der Waals surface area contributed by atoms with Crippen LogP contribution in [0.3, 0.4) is 0 Å². The topological polar surface area (TPSA) is 56.2 Å². The van der Waals surface area contributed by atoms with Gasteiger partial charge in [-0.3, -0.25) is 4.79 Å². The number of carbonyl (C=O) groups excluding carboxylic acids is 1. The van der Waals surface area contributed by atoms with Gasteiger partial charge in [0.2, 0.25) is 0 Å². The van der Waals surface area contributed by atoms with E-state index in [1.54, 1.807) is 0 Å². The van der Waals surface area contributed by atoms with E-state index < -0.39 is 0 Å². The van der Waals surface area contributed by atoms with Crippen molar-refractivity contribution in [3.8, 4) is 0 Å². The number of nitrogens with zero attached hydrogens (tertiary/aromatic N) is 2. The minimum absolute atomic E-state index is 0.157. The molecule has 0 aliphatic rings. The zero-order valence-electron chi connectivity index (χ0n) is 12.8. The summed E-state index contributed by atoms with van der Waals surface area (Å²) < 4.78 is 6.89. The van der Waals surface area contributed by atoms with Crippen LogP contribution in [0.2, 0.25) is 0 Å². The third kappa shape index (κ3) is 4.04. The number of aromatic nitrogens is 2. The molecular formula is C16H23N3O2. The number of imidazole rings is 1. The predicted octanol–water partition coefficient (Wildman–Crippen LogP) is 2.49. The highest BCUT2D eigenvalue weighted by atomic mass is 16.5. The molecule has 2 aromatic rings. The van der Waals surface area contributed by atoms with E-state index in [-0.39, 0.29) is 5.97 Å². The second kappa shape index (κ2) is 7.78. The number of rotatable bonds is 8. The van der Waals surface area contributed by atoms with Crippen LogP contribution in [0.4, 0.5) is 0 Å². The number of esters is 1. The third-order valence-corrected chi connectivity index (χ3v) is 3.43. The van der Waals surface area contributed by atoms with Crippen molar-refractivity contribution in [3.63, 3.8) is 0 Å². The lowest BCUT2D eigenvalue weighted by molar-refractivity contribution is -0.140. The first-order valence-electron chi connectivity index (χ1n) is 7.48. The quantitative estimate of drug-likeness (QED) is 0.599. The molecule has 1 N–H and O–H groups in total. The summed E-state index contributed by atoms with van der Waals surface area (Å²) >= 11 is 0. The molecule has 0 atom stereocenters. The summed E-state index contributed by atoms with van der Waals surface area (Å²) in [6.45, 7) is 4.64. The average Bonchev–Trinajstić information content (AvgIpc) is 2.85. The molecule has 0 saturated carbocycles. The molecule has 0 aliphatic carbocycles. The monoisotopic (exact) mass is 289 g/mol. The van der Waals surface area contributed by atoms with Crippen LogP contribution >= 0.6 is 0 Å². The lowest BCUT2D eigenvalue weighted by Crippen LogP contribution is -2.19. The molecule has 5 heteroatoms. The smallest absolute Gasteiger partial charge is 0.305 e. The summed E-state index contributed by atoms with van der Waals surface area (Å²) in [7, 11) is 1.42. The Kier molecular flexibility index (Phi) is 5.75. The molecule has 0 radical (unpaired) electrons. The number of aryl methyl sites for hydroxylation is 1. The second-order valence-electron chi connectivity index (χ2n) is 5.02. The van der Waals surface area contributed by atoms with Gasteiger partial charge < -0.3 is 14.6 Å². The lowest BCUT2D eigenvalue weighted by Gasteiger charge is -2.08. The summed E-state index contributed by atoms with van der Waals surface area (Å²) in [4.78, 5) is 15.7. The Morgan fingerprint density at radius 3 is 2.95 bits per heavy atom. The number of carbonyl (C=O) groups is 1. The van der Waals surface area contributed by atoms with Crippen molar-refractivity contribution in [1.82, 2.24) is 14.9 Å². The van der Waals surface area contributed by atoms with Crippen LogP contribution in [0.25, 0.3) is 11.0 Å². The molecule has 0 saturated heterocycles. The molecule has 5 nitrogen and oxygen atoms in total. The highest BCUT2D eigenvalue weighted by Crippen LogP contribution is 2.16. The van der Waals surface area contributed by atoms with E-state index >= 15 is 0 Å². The number of fused-ring (bicyclic) bond motifs is 1. The number of para-hydroxylation sites is 2. The number of hydrogen-bond acceptors (Lipinski definition) is 4. The molecule has 0 aliphatic heterocycles. The first kappa shape index (κ1) is 15.5. The Hall–Kier alpha value is -1.88. The van der Waals surface area contributed by atoms with Gasteiger partial charge in [0.05, 0.1) is 24.7 Å². The largest absolute Gasteiger partial charge is 0.469 e. The van der Waals surface area contributed by atoms with Crippen LogP contribution in [0.5, 0.6) is 0 Å². The number of hydrogen-bond donors (Lipinski definition) is 1. The normalized spacial score (nSPS) is 11.0. The van der Waals surface area contributed by atoms with E-state index in [4.69, 9.17) is 0 Å². The van der Waals surface area contributed by atoms with Gasteiger partial charge in [-0.05, 0) is 31.5 Å². The zero-order valence-corrected chi connectivity index (χ0v) is 12.8. The average molecular weight is 289 g/mol. The zero-order chi connectivity index (χ0) is 15.1. The molecule has 114 valence electrons. The fourth-order valence-electron chi connectivity index (χ4n) is 2.39. The molecule has 2 rings (SSSR count). The molecule has 0 unspecified atom stereocenters. The van der Waals surface area contributed by atoms with Crippen LogP contribution in [-0.4, -0.2) is 29.2 Å². The SMILES string of the molecule is CCCn1c(CNCCCC(=O)OC)nc2ccccc21. The lowest BCUT2D eigenvalue weighted by atomic mass is 10.3. The van der Waals surface area contributed by atoms with Crippen molar-refractivity contribution in [2.75, 3.05) is 13.7 Å². The van der Waals surface area contributed by atoms with Crippen LogP contribution in [0.15, 0.2) is 24.3 Å². The fraction of sp³-hybridized carbons (Fsp3) is 0.500. The molecule has 0 fully saturated rings. The van der Waals surface area contributed by atoms with Gasteiger partial charge in [-0.25, -0.2) is 4.98 Å². The molecule has 1 aromatic carbocycles. The maximum atomic E-state index is 11.0. The van der Waals surface area contributed by atoms with Gasteiger partial charge in [-0.15, -0.1) is 0 Å². The molecule has 1 heterocycles. The van der Waals surface area contributed by atoms with Gasteiger partial charge in [0.25, 0.3) is 0 Å². The van der Waals surface area contributed by atoms with Gasteiger partial charge in [-0.1, -0.05) is 19.1 Å². The molecule has 0 amide bonds. The molecule has 1 aromatic heterocycles. The highest BCUT2D eigenvalue weighted by molar-refractivity contribution is 5.75. The van der Waals surface area contributed by atoms with Crippen molar-refractivity contribution in [2.45, 2.75) is 39.3 Å². The van der Waals surface area contributed by atoms with Crippen LogP contribution in [0, 0.1) is 0 Å². The van der Waals surface area contributed by atoms with Crippen molar-refractivity contribution >= 4 is 17.0 Å². The standard InChI is InChI=1S/C16H23N3O2/c1-3-11-19-14-8-5-4-7-13(14)18-15(19)12-17-10-6-9-16(20)21-2/h4-5,7-8,17H,3,6,9-12H2,1-2H3. The molecular weight excluding hydrogens is 266 g/mol. The number of ether oxygens (including phenoxy) is 1. The Bertz CT molecular complexity index is 592. The Balaban J connectivity index is 1.94. The van der Waals surface area contributed by atoms with Crippen LogP contribution in [-0.2, 0) is 22.6 Å².